The van der Waals surface area contributed by atoms with Gasteiger partial charge < -0.3 is 9.84 Å². The van der Waals surface area contributed by atoms with Gasteiger partial charge in [0.2, 0.25) is 0 Å². The highest BCUT2D eigenvalue weighted by Gasteiger charge is 2.25. The zero-order chi connectivity index (χ0) is 14.7. The first-order valence-corrected chi connectivity index (χ1v) is 7.56. The fraction of sp³-hybridized carbons (Fsp3) is 0.389. The summed E-state index contributed by atoms with van der Waals surface area (Å²) in [4.78, 5) is 11.3. The van der Waals surface area contributed by atoms with Gasteiger partial charge in [-0.25, -0.2) is 0 Å². The second-order valence-corrected chi connectivity index (χ2v) is 5.69. The van der Waals surface area contributed by atoms with E-state index >= 15 is 0 Å². The Morgan fingerprint density at radius 2 is 2.14 bits per heavy atom. The van der Waals surface area contributed by atoms with Crippen LogP contribution in [-0.2, 0) is 9.53 Å². The molecule has 2 unspecified atom stereocenters. The third-order valence-corrected chi connectivity index (χ3v) is 4.03. The largest absolute Gasteiger partial charge is 0.458 e. The highest BCUT2D eigenvalue weighted by molar-refractivity contribution is 5.76. The molecular weight excluding hydrogens is 264 g/mol. The van der Waals surface area contributed by atoms with Crippen molar-refractivity contribution in [2.24, 2.45) is 0 Å². The van der Waals surface area contributed by atoms with Crippen LogP contribution in [0.4, 0.5) is 0 Å². The van der Waals surface area contributed by atoms with Crippen molar-refractivity contribution >= 4 is 17.6 Å². The Hall–Kier alpha value is -1.87. The molecule has 3 rings (SSSR count). The third-order valence-electron chi connectivity index (χ3n) is 4.03. The van der Waals surface area contributed by atoms with Crippen molar-refractivity contribution in [3.63, 3.8) is 0 Å². The zero-order valence-electron chi connectivity index (χ0n) is 12.0. The average Bonchev–Trinajstić information content (AvgIpc) is 2.98. The van der Waals surface area contributed by atoms with Gasteiger partial charge in [0, 0.05) is 6.42 Å². The van der Waals surface area contributed by atoms with Crippen LogP contribution in [0.1, 0.15) is 43.2 Å². The number of rotatable bonds is 3. The minimum absolute atomic E-state index is 0.105. The molecule has 2 atom stereocenters. The molecule has 1 heterocycles. The zero-order valence-corrected chi connectivity index (χ0v) is 12.0. The SMILES string of the molecule is O=C1CC(O)CC(C=Cc2ccccc2C2=CCCC2)O1. The molecule has 0 spiro atoms. The maximum absolute atomic E-state index is 11.3. The molecule has 21 heavy (non-hydrogen) atoms. The van der Waals surface area contributed by atoms with Gasteiger partial charge in [-0.2, -0.15) is 0 Å². The minimum atomic E-state index is -0.589. The molecule has 1 N–H and O–H groups in total. The molecule has 0 aromatic heterocycles. The van der Waals surface area contributed by atoms with E-state index in [0.717, 1.165) is 18.4 Å². The Kier molecular flexibility index (Phi) is 4.20. The molecule has 0 saturated carbocycles. The van der Waals surface area contributed by atoms with E-state index in [2.05, 4.69) is 24.3 Å². The molecule has 1 aliphatic heterocycles. The van der Waals surface area contributed by atoms with Crippen LogP contribution in [0.2, 0.25) is 0 Å². The maximum Gasteiger partial charge on any atom is 0.309 e. The molecule has 0 radical (unpaired) electrons. The number of ether oxygens (including phenoxy) is 1. The average molecular weight is 284 g/mol. The third kappa shape index (κ3) is 3.42. The number of carbonyl (C=O) groups excluding carboxylic acids is 1. The fourth-order valence-corrected chi connectivity index (χ4v) is 2.99. The molecular formula is C18H20O3. The van der Waals surface area contributed by atoms with Crippen LogP contribution in [0.3, 0.4) is 0 Å². The van der Waals surface area contributed by atoms with Crippen LogP contribution in [0.5, 0.6) is 0 Å². The van der Waals surface area contributed by atoms with Gasteiger partial charge in [0.15, 0.2) is 0 Å². The fourth-order valence-electron chi connectivity index (χ4n) is 2.99. The van der Waals surface area contributed by atoms with Crippen LogP contribution in [-0.4, -0.2) is 23.3 Å². The normalized spacial score (nSPS) is 26.0. The van der Waals surface area contributed by atoms with E-state index in [9.17, 15) is 9.90 Å². The van der Waals surface area contributed by atoms with Gasteiger partial charge in [0.25, 0.3) is 0 Å². The number of aliphatic hydroxyl groups excluding tert-OH is 1. The van der Waals surface area contributed by atoms with E-state index in [1.54, 1.807) is 0 Å². The number of aliphatic hydroxyl groups is 1. The second-order valence-electron chi connectivity index (χ2n) is 5.69. The van der Waals surface area contributed by atoms with Crippen molar-refractivity contribution < 1.29 is 14.6 Å². The lowest BCUT2D eigenvalue weighted by atomic mass is 9.97. The van der Waals surface area contributed by atoms with Gasteiger partial charge in [-0.15, -0.1) is 0 Å². The number of benzene rings is 1. The number of hydrogen-bond donors (Lipinski definition) is 1. The molecule has 1 aliphatic carbocycles. The Bertz CT molecular complexity index is 586. The van der Waals surface area contributed by atoms with Crippen molar-refractivity contribution in [1.29, 1.82) is 0 Å². The topological polar surface area (TPSA) is 46.5 Å². The number of esters is 1. The first-order chi connectivity index (χ1) is 10.2. The predicted molar refractivity (Wildman–Crippen MR) is 82.4 cm³/mol. The Morgan fingerprint density at radius 1 is 1.29 bits per heavy atom. The summed E-state index contributed by atoms with van der Waals surface area (Å²) in [5, 5.41) is 9.63. The molecule has 3 nitrogen and oxygen atoms in total. The number of hydrogen-bond acceptors (Lipinski definition) is 3. The molecule has 1 fully saturated rings. The van der Waals surface area contributed by atoms with Crippen LogP contribution in [0.15, 0.2) is 36.4 Å². The molecule has 110 valence electrons. The van der Waals surface area contributed by atoms with E-state index in [1.807, 2.05) is 18.2 Å². The van der Waals surface area contributed by atoms with Crippen molar-refractivity contribution in [3.8, 4) is 0 Å². The van der Waals surface area contributed by atoms with Gasteiger partial charge in [-0.1, -0.05) is 36.4 Å². The van der Waals surface area contributed by atoms with E-state index < -0.39 is 6.10 Å². The van der Waals surface area contributed by atoms with E-state index in [0.29, 0.717) is 6.42 Å². The summed E-state index contributed by atoms with van der Waals surface area (Å²) in [5.41, 5.74) is 3.80. The summed E-state index contributed by atoms with van der Waals surface area (Å²) in [6.45, 7) is 0. The molecule has 3 heteroatoms. The molecule has 1 aromatic carbocycles. The first kappa shape index (κ1) is 14.1. The van der Waals surface area contributed by atoms with Crippen LogP contribution in [0, 0.1) is 0 Å². The number of allylic oxidation sites excluding steroid dienone is 2. The van der Waals surface area contributed by atoms with Crippen molar-refractivity contribution in [1.82, 2.24) is 0 Å². The maximum atomic E-state index is 11.3. The van der Waals surface area contributed by atoms with Gasteiger partial charge in [-0.3, -0.25) is 4.79 Å². The van der Waals surface area contributed by atoms with Crippen molar-refractivity contribution in [2.45, 2.75) is 44.3 Å². The van der Waals surface area contributed by atoms with E-state index in [4.69, 9.17) is 4.74 Å². The van der Waals surface area contributed by atoms with Crippen LogP contribution < -0.4 is 0 Å². The number of cyclic esters (lactones) is 1. The molecule has 2 aliphatic rings. The summed E-state index contributed by atoms with van der Waals surface area (Å²) in [7, 11) is 0. The smallest absolute Gasteiger partial charge is 0.309 e. The summed E-state index contributed by atoms with van der Waals surface area (Å²) >= 11 is 0. The van der Waals surface area contributed by atoms with E-state index in [-0.39, 0.29) is 18.5 Å². The first-order valence-electron chi connectivity index (χ1n) is 7.56. The molecule has 1 aromatic rings. The van der Waals surface area contributed by atoms with E-state index in [1.165, 1.54) is 17.6 Å². The van der Waals surface area contributed by atoms with Crippen molar-refractivity contribution in [3.05, 3.63) is 47.5 Å². The standard InChI is InChI=1S/C18H20O3/c19-15-11-16(21-18(20)12-15)10-9-14-7-3-4-8-17(14)13-5-1-2-6-13/h3-5,7-10,15-16,19H,1-2,6,11-12H2. The van der Waals surface area contributed by atoms with Crippen LogP contribution in [0.25, 0.3) is 11.6 Å². The van der Waals surface area contributed by atoms with Gasteiger partial charge >= 0.3 is 5.97 Å². The minimum Gasteiger partial charge on any atom is -0.458 e. The summed E-state index contributed by atoms with van der Waals surface area (Å²) < 4.78 is 5.24. The predicted octanol–water partition coefficient (Wildman–Crippen LogP) is 3.33. The molecule has 0 amide bonds. The molecule has 0 bridgehead atoms. The molecule has 1 saturated heterocycles. The Labute approximate surface area is 124 Å². The highest BCUT2D eigenvalue weighted by atomic mass is 16.5. The second kappa shape index (κ2) is 6.27. The van der Waals surface area contributed by atoms with Crippen molar-refractivity contribution in [2.75, 3.05) is 0 Å². The highest BCUT2D eigenvalue weighted by Crippen LogP contribution is 2.30. The summed E-state index contributed by atoms with van der Waals surface area (Å²) in [6, 6.07) is 8.28. The Morgan fingerprint density at radius 3 is 2.90 bits per heavy atom. The quantitative estimate of drug-likeness (QED) is 0.866. The monoisotopic (exact) mass is 284 g/mol. The number of carbonyl (C=O) groups is 1. The Balaban J connectivity index is 1.78. The lowest BCUT2D eigenvalue weighted by molar-refractivity contribution is -0.156. The van der Waals surface area contributed by atoms with Gasteiger partial charge in [-0.05, 0) is 42.0 Å². The lowest BCUT2D eigenvalue weighted by Crippen LogP contribution is -2.31. The van der Waals surface area contributed by atoms with Gasteiger partial charge in [0.05, 0.1) is 12.5 Å². The van der Waals surface area contributed by atoms with Gasteiger partial charge in [0.1, 0.15) is 6.10 Å². The van der Waals surface area contributed by atoms with Crippen LogP contribution >= 0.6 is 0 Å². The lowest BCUT2D eigenvalue weighted by Gasteiger charge is -2.23. The summed E-state index contributed by atoms with van der Waals surface area (Å²) in [6.07, 6.45) is 9.36. The summed E-state index contributed by atoms with van der Waals surface area (Å²) in [5.74, 6) is -0.324.